The second-order valence-corrected chi connectivity index (χ2v) is 8.44. The number of aliphatic imine (C=N–C) groups is 2. The Labute approximate surface area is 313 Å². The van der Waals surface area contributed by atoms with Crippen molar-refractivity contribution in [3.05, 3.63) is 170 Å². The van der Waals surface area contributed by atoms with E-state index in [2.05, 4.69) is 80.9 Å². The summed E-state index contributed by atoms with van der Waals surface area (Å²) in [6.07, 6.45) is 5.80. The van der Waals surface area contributed by atoms with Crippen molar-refractivity contribution in [2.75, 3.05) is 0 Å². The maximum atomic E-state index is 8.38. The summed E-state index contributed by atoms with van der Waals surface area (Å²) in [6, 6.07) is 44.7. The standard InChI is InChI=1S/C13H9N.C7H6N2.2C7H5N.C3H3N.3W/c1-2-6-11-10(5-1)9-14-13-8-4-3-7-12(11)13;1-2-4-7-6(3-1)5-8-9-7;1-8-7-5-3-2-4-6-7;8-6-7-4-2-1-3-5-7;1-3-4-2;;;/h1-9H;1-5H,(H,8,9);1-5H;1-4,6H;1-3H;;;/q;;3*-2;3*+2. The smallest absolute Gasteiger partial charge is 0.862 e. The van der Waals surface area contributed by atoms with Crippen molar-refractivity contribution in [3.8, 4) is 0 Å². The van der Waals surface area contributed by atoms with Crippen LogP contribution in [0.1, 0.15) is 5.56 Å². The molecule has 9 heteroatoms. The van der Waals surface area contributed by atoms with Gasteiger partial charge in [-0.1, -0.05) is 60.7 Å². The number of nitrogens with one attached hydrogen (secondary N) is 1. The quantitative estimate of drug-likeness (QED) is 0.109. The molecule has 0 fully saturated rings. The minimum absolute atomic E-state index is 0. The summed E-state index contributed by atoms with van der Waals surface area (Å²) < 4.78 is 0. The van der Waals surface area contributed by atoms with Crippen LogP contribution in [0.5, 0.6) is 0 Å². The van der Waals surface area contributed by atoms with Crippen LogP contribution in [-0.2, 0) is 63.2 Å². The van der Waals surface area contributed by atoms with E-state index < -0.39 is 0 Å². The molecule has 0 saturated heterocycles. The maximum Gasteiger partial charge on any atom is 2.00 e. The first-order chi connectivity index (χ1) is 21.2. The van der Waals surface area contributed by atoms with Gasteiger partial charge in [0.15, 0.2) is 0 Å². The summed E-state index contributed by atoms with van der Waals surface area (Å²) in [5.74, 6) is 0. The molecule has 224 valence electrons. The molecule has 46 heavy (non-hydrogen) atoms. The number of H-pyrrole nitrogens is 1. The van der Waals surface area contributed by atoms with Gasteiger partial charge in [-0.3, -0.25) is 22.4 Å². The number of para-hydroxylation sites is 3. The van der Waals surface area contributed by atoms with Crippen molar-refractivity contribution in [3.63, 3.8) is 0 Å². The summed E-state index contributed by atoms with van der Waals surface area (Å²) in [4.78, 5) is 10.7. The van der Waals surface area contributed by atoms with Gasteiger partial charge in [-0.05, 0) is 17.5 Å². The number of pyridine rings is 1. The number of benzene rings is 5. The Hall–Kier alpha value is -3.95. The van der Waals surface area contributed by atoms with E-state index in [0.29, 0.717) is 11.3 Å². The predicted molar refractivity (Wildman–Crippen MR) is 180 cm³/mol. The Morgan fingerprint density at radius 2 is 1.26 bits per heavy atom. The third-order valence-corrected chi connectivity index (χ3v) is 5.64. The van der Waals surface area contributed by atoms with Gasteiger partial charge in [0.25, 0.3) is 0 Å². The van der Waals surface area contributed by atoms with E-state index in [4.69, 9.17) is 12.1 Å². The van der Waals surface area contributed by atoms with Crippen molar-refractivity contribution in [2.45, 2.75) is 0 Å². The second-order valence-electron chi connectivity index (χ2n) is 8.44. The predicted octanol–water partition coefficient (Wildman–Crippen LogP) is 8.63. The Balaban J connectivity index is 0.000000568. The van der Waals surface area contributed by atoms with E-state index in [1.165, 1.54) is 16.2 Å². The number of hydrogen-bond donors (Lipinski definition) is 1. The largest absolute Gasteiger partial charge is 2.00 e. The average molecular weight is 1110 g/mol. The van der Waals surface area contributed by atoms with Crippen molar-refractivity contribution in [1.82, 2.24) is 15.2 Å². The summed E-state index contributed by atoms with van der Waals surface area (Å²) in [7, 11) is 0. The summed E-state index contributed by atoms with van der Waals surface area (Å²) in [5, 5.41) is 20.0. The van der Waals surface area contributed by atoms with E-state index >= 15 is 0 Å². The Kier molecular flexibility index (Phi) is 23.1. The molecule has 0 spiro atoms. The Morgan fingerprint density at radius 1 is 0.674 bits per heavy atom. The van der Waals surface area contributed by atoms with E-state index in [-0.39, 0.29) is 63.2 Å². The zero-order valence-corrected chi connectivity index (χ0v) is 33.3. The van der Waals surface area contributed by atoms with Crippen LogP contribution >= 0.6 is 0 Å². The van der Waals surface area contributed by atoms with Gasteiger partial charge in [0.05, 0.1) is 17.2 Å². The van der Waals surface area contributed by atoms with Crippen LogP contribution in [0.4, 0.5) is 5.69 Å². The van der Waals surface area contributed by atoms with Gasteiger partial charge >= 0.3 is 63.2 Å². The molecule has 0 atom stereocenters. The molecule has 0 unspecified atom stereocenters. The molecule has 7 aromatic rings. The topological polar surface area (TPSA) is 88.6 Å². The SMILES string of the molecule is [CH-]=CN=[CH-].[CH-]=Nc1[c-]cccc1.[N-]=Cc1[c-]cccc1.[W+2].[W+2].[W+2].c1ccc2[nH]ncc2c1.c1ccc2c(c1)cnc1ccccc12. The fraction of sp³-hybridized carbons (Fsp3) is 0. The zero-order valence-electron chi connectivity index (χ0n) is 24.5. The number of nitrogens with zero attached hydrogens (tertiary/aromatic N) is 5. The number of hydrogen-bond acceptors (Lipinski definition) is 4. The third-order valence-electron chi connectivity index (χ3n) is 5.64. The van der Waals surface area contributed by atoms with Gasteiger partial charge in [0, 0.05) is 22.4 Å². The fourth-order valence-corrected chi connectivity index (χ4v) is 3.64. The van der Waals surface area contributed by atoms with E-state index in [1.807, 2.05) is 79.1 Å². The number of aromatic nitrogens is 3. The second kappa shape index (κ2) is 25.3. The monoisotopic (exact) mass is 1110 g/mol. The van der Waals surface area contributed by atoms with Gasteiger partial charge in [-0.2, -0.15) is 42.3 Å². The average Bonchev–Trinajstić information content (AvgIpc) is 3.59. The van der Waals surface area contributed by atoms with Crippen molar-refractivity contribution in [2.24, 2.45) is 9.98 Å². The molecule has 0 aliphatic carbocycles. The molecular weight excluding hydrogens is 1080 g/mol. The molecule has 0 bridgehead atoms. The van der Waals surface area contributed by atoms with Crippen LogP contribution < -0.4 is 0 Å². The molecule has 0 aliphatic heterocycles. The number of rotatable bonds is 3. The van der Waals surface area contributed by atoms with E-state index in [1.54, 1.807) is 24.3 Å². The number of fused-ring (bicyclic) bond motifs is 4. The molecule has 0 saturated carbocycles. The fourth-order valence-electron chi connectivity index (χ4n) is 3.64. The van der Waals surface area contributed by atoms with Gasteiger partial charge in [-0.25, -0.2) is 11.8 Å². The summed E-state index contributed by atoms with van der Waals surface area (Å²) >= 11 is 0. The van der Waals surface area contributed by atoms with Gasteiger partial charge in [0.1, 0.15) is 0 Å². The molecule has 6 nitrogen and oxygen atoms in total. The van der Waals surface area contributed by atoms with Crippen molar-refractivity contribution >= 4 is 57.9 Å². The van der Waals surface area contributed by atoms with Crippen LogP contribution in [0, 0.1) is 18.7 Å². The van der Waals surface area contributed by atoms with E-state index in [0.717, 1.165) is 28.8 Å². The molecule has 0 radical (unpaired) electrons. The van der Waals surface area contributed by atoms with Crippen LogP contribution in [0.2, 0.25) is 0 Å². The molecular formula is C37H28N6W3. The first kappa shape index (κ1) is 42.1. The summed E-state index contributed by atoms with van der Waals surface area (Å²) in [6.45, 7) is 14.0. The molecule has 0 amide bonds. The zero-order chi connectivity index (χ0) is 30.5. The molecule has 5 aromatic carbocycles. The third kappa shape index (κ3) is 14.4. The van der Waals surface area contributed by atoms with Crippen molar-refractivity contribution in [1.29, 1.82) is 0 Å². The maximum absolute atomic E-state index is 8.38. The molecule has 0 aliphatic rings. The van der Waals surface area contributed by atoms with Gasteiger partial charge in [-0.15, -0.1) is 30.3 Å². The first-order valence-electron chi connectivity index (χ1n) is 13.1. The molecule has 2 aromatic heterocycles. The normalized spacial score (nSPS) is 8.70. The minimum Gasteiger partial charge on any atom is -0.862 e. The van der Waals surface area contributed by atoms with E-state index in [9.17, 15) is 0 Å². The Morgan fingerprint density at radius 3 is 1.80 bits per heavy atom. The van der Waals surface area contributed by atoms with Gasteiger partial charge < -0.3 is 28.2 Å². The van der Waals surface area contributed by atoms with Crippen LogP contribution in [0.25, 0.3) is 38.0 Å². The summed E-state index contributed by atoms with van der Waals surface area (Å²) in [5.41, 5.74) is 3.56. The number of aromatic amines is 1. The van der Waals surface area contributed by atoms with Gasteiger partial charge in [0.2, 0.25) is 0 Å². The molecule has 7 rings (SSSR count). The van der Waals surface area contributed by atoms with Crippen molar-refractivity contribution < 1.29 is 63.2 Å². The molecule has 1 N–H and O–H groups in total. The Bertz CT molecular complexity index is 1730. The van der Waals surface area contributed by atoms with Crippen LogP contribution in [0.15, 0.2) is 150 Å². The first-order valence-corrected chi connectivity index (χ1v) is 13.1. The molecule has 2 heterocycles. The van der Waals surface area contributed by atoms with Crippen LogP contribution in [0.3, 0.4) is 0 Å². The van der Waals surface area contributed by atoms with Crippen LogP contribution in [-0.4, -0.2) is 34.8 Å². The minimum atomic E-state index is 0.